The van der Waals surface area contributed by atoms with E-state index in [-0.39, 0.29) is 16.8 Å². The van der Waals surface area contributed by atoms with Crippen molar-refractivity contribution in [3.05, 3.63) is 17.4 Å². The maximum atomic E-state index is 13.2. The molecule has 3 heterocycles. The van der Waals surface area contributed by atoms with Gasteiger partial charge in [0.05, 0.1) is 23.9 Å². The molecule has 0 spiro atoms. The molecule has 2 aromatic rings. The average Bonchev–Trinajstić information content (AvgIpc) is 3.42. The number of aliphatic hydroxyl groups is 3. The van der Waals surface area contributed by atoms with E-state index < -0.39 is 42.8 Å². The summed E-state index contributed by atoms with van der Waals surface area (Å²) in [7, 11) is 0. The number of ether oxygens (including phenoxy) is 2. The molecule has 4 rings (SSSR count). The Hall–Kier alpha value is -1.98. The molecule has 2 aromatic heterocycles. The topological polar surface area (TPSA) is 130 Å². The summed E-state index contributed by atoms with van der Waals surface area (Å²) < 4.78 is 12.6. The van der Waals surface area contributed by atoms with Crippen LogP contribution in [0.4, 0.5) is 10.5 Å². The van der Waals surface area contributed by atoms with Gasteiger partial charge in [0.1, 0.15) is 29.1 Å². The summed E-state index contributed by atoms with van der Waals surface area (Å²) in [6, 6.07) is 1.55. The quantitative estimate of drug-likeness (QED) is 0.583. The zero-order valence-corrected chi connectivity index (χ0v) is 19.1. The largest absolute Gasteiger partial charge is 0.443 e. The predicted molar refractivity (Wildman–Crippen MR) is 117 cm³/mol. The first-order valence-corrected chi connectivity index (χ1v) is 11.2. The molecule has 2 aliphatic rings. The van der Waals surface area contributed by atoms with Crippen LogP contribution in [-0.4, -0.2) is 72.7 Å². The second-order valence-corrected chi connectivity index (χ2v) is 9.70. The van der Waals surface area contributed by atoms with Crippen molar-refractivity contribution < 1.29 is 29.6 Å². The van der Waals surface area contributed by atoms with Gasteiger partial charge in [-0.25, -0.2) is 14.5 Å². The zero-order chi connectivity index (χ0) is 23.2. The smallest absolute Gasteiger partial charge is 0.415 e. The van der Waals surface area contributed by atoms with Crippen molar-refractivity contribution >= 4 is 34.4 Å². The second kappa shape index (κ2) is 8.75. The van der Waals surface area contributed by atoms with Crippen molar-refractivity contribution in [1.82, 2.24) is 14.8 Å². The van der Waals surface area contributed by atoms with Crippen LogP contribution in [0.15, 0.2) is 12.3 Å². The Morgan fingerprint density at radius 1 is 1.31 bits per heavy atom. The minimum Gasteiger partial charge on any atom is -0.443 e. The lowest BCUT2D eigenvalue weighted by Gasteiger charge is -2.32. The van der Waals surface area contributed by atoms with Gasteiger partial charge in [-0.05, 0) is 33.6 Å². The summed E-state index contributed by atoms with van der Waals surface area (Å²) in [5, 5.41) is 34.9. The van der Waals surface area contributed by atoms with Gasteiger partial charge in [-0.1, -0.05) is 24.4 Å². The molecule has 4 atom stereocenters. The van der Waals surface area contributed by atoms with Gasteiger partial charge in [0, 0.05) is 12.1 Å². The minimum atomic E-state index is -1.32. The van der Waals surface area contributed by atoms with Gasteiger partial charge in [-0.3, -0.25) is 4.90 Å². The molecule has 176 valence electrons. The van der Waals surface area contributed by atoms with Crippen LogP contribution in [0.5, 0.6) is 0 Å². The van der Waals surface area contributed by atoms with Crippen LogP contribution in [-0.2, 0) is 9.47 Å². The van der Waals surface area contributed by atoms with Crippen molar-refractivity contribution in [3.8, 4) is 0 Å². The number of aliphatic hydroxyl groups excluding tert-OH is 3. The molecule has 0 radical (unpaired) electrons. The maximum absolute atomic E-state index is 13.2. The normalized spacial score (nSPS) is 26.7. The second-order valence-electron chi connectivity index (χ2n) is 9.31. The first-order valence-electron chi connectivity index (χ1n) is 10.8. The van der Waals surface area contributed by atoms with Crippen LogP contribution in [0.3, 0.4) is 0 Å². The Morgan fingerprint density at radius 3 is 2.59 bits per heavy atom. The zero-order valence-electron chi connectivity index (χ0n) is 18.3. The molecule has 1 saturated carbocycles. The minimum absolute atomic E-state index is 0.0521. The lowest BCUT2D eigenvalue weighted by atomic mass is 10.1. The van der Waals surface area contributed by atoms with Gasteiger partial charge >= 0.3 is 6.09 Å². The van der Waals surface area contributed by atoms with E-state index in [2.05, 4.69) is 10.1 Å². The lowest BCUT2D eigenvalue weighted by Crippen LogP contribution is -2.42. The predicted octanol–water partition coefficient (Wildman–Crippen LogP) is 2.38. The molecular weight excluding hydrogens is 440 g/mol. The number of pyridine rings is 1. The monoisotopic (exact) mass is 468 g/mol. The van der Waals surface area contributed by atoms with Gasteiger partial charge in [0.25, 0.3) is 0 Å². The van der Waals surface area contributed by atoms with Crippen LogP contribution < -0.4 is 4.90 Å². The number of anilines is 1. The van der Waals surface area contributed by atoms with Gasteiger partial charge in [0.15, 0.2) is 11.9 Å². The van der Waals surface area contributed by atoms with Gasteiger partial charge in [-0.2, -0.15) is 5.10 Å². The summed E-state index contributed by atoms with van der Waals surface area (Å²) in [6.45, 7) is 4.98. The van der Waals surface area contributed by atoms with Gasteiger partial charge in [0.2, 0.25) is 0 Å². The number of hydrogen-bond donors (Lipinski definition) is 3. The summed E-state index contributed by atoms with van der Waals surface area (Å²) >= 11 is 6.35. The van der Waals surface area contributed by atoms with Crippen molar-refractivity contribution in [2.45, 2.75) is 82.6 Å². The van der Waals surface area contributed by atoms with Crippen LogP contribution >= 0.6 is 11.6 Å². The van der Waals surface area contributed by atoms with E-state index in [0.29, 0.717) is 11.1 Å². The third-order valence-corrected chi connectivity index (χ3v) is 6.01. The molecule has 11 heteroatoms. The number of amides is 1. The third kappa shape index (κ3) is 4.29. The molecule has 1 aliphatic heterocycles. The van der Waals surface area contributed by atoms with E-state index in [4.69, 9.17) is 21.1 Å². The Kier molecular flexibility index (Phi) is 6.34. The highest BCUT2D eigenvalue weighted by Crippen LogP contribution is 2.38. The van der Waals surface area contributed by atoms with E-state index in [1.54, 1.807) is 11.0 Å². The molecule has 2 fully saturated rings. The van der Waals surface area contributed by atoms with E-state index in [0.717, 1.165) is 25.7 Å². The Labute approximate surface area is 190 Å². The highest BCUT2D eigenvalue weighted by molar-refractivity contribution is 6.30. The number of nitrogens with zero attached hydrogens (tertiary/aromatic N) is 4. The first-order chi connectivity index (χ1) is 15.1. The Bertz CT molecular complexity index is 987. The van der Waals surface area contributed by atoms with E-state index in [9.17, 15) is 20.1 Å². The SMILES string of the molecule is CC(C)(C)OC(=O)N(c1cc(Cl)nc2c1cnn2[C@@H]1O[C@H](CO)[C@@H](O)[C@H]1O)C1CCCC1. The number of halogens is 1. The summed E-state index contributed by atoms with van der Waals surface area (Å²) in [5.41, 5.74) is 0.124. The molecule has 3 N–H and O–H groups in total. The molecule has 1 amide bonds. The summed E-state index contributed by atoms with van der Waals surface area (Å²) in [5.74, 6) is 0. The van der Waals surface area contributed by atoms with Gasteiger partial charge < -0.3 is 24.8 Å². The van der Waals surface area contributed by atoms with E-state index in [1.807, 2.05) is 20.8 Å². The van der Waals surface area contributed by atoms with Crippen LogP contribution in [0, 0.1) is 0 Å². The number of carbonyl (C=O) groups is 1. The number of hydrogen-bond acceptors (Lipinski definition) is 8. The van der Waals surface area contributed by atoms with Crippen LogP contribution in [0.2, 0.25) is 5.15 Å². The standard InChI is InChI=1S/C21H29ClN4O6/c1-21(2,3)32-20(30)25(11-6-4-5-7-11)13-8-15(22)24-18-12(13)9-23-26(18)19-17(29)16(28)14(10-27)31-19/h8-9,11,14,16-17,19,27-29H,4-7,10H2,1-3H3/t14-,16-,17-,19-/m1/s1. The highest BCUT2D eigenvalue weighted by atomic mass is 35.5. The van der Waals surface area contributed by atoms with Gasteiger partial charge in [-0.15, -0.1) is 0 Å². The molecule has 10 nitrogen and oxygen atoms in total. The summed E-state index contributed by atoms with van der Waals surface area (Å²) in [6.07, 6.45) is 0.109. The maximum Gasteiger partial charge on any atom is 0.415 e. The van der Waals surface area contributed by atoms with Crippen molar-refractivity contribution in [1.29, 1.82) is 0 Å². The Balaban J connectivity index is 1.79. The molecule has 0 bridgehead atoms. The fourth-order valence-electron chi connectivity index (χ4n) is 4.36. The molecule has 1 saturated heterocycles. The molecule has 0 unspecified atom stereocenters. The molecule has 1 aliphatic carbocycles. The fourth-order valence-corrected chi connectivity index (χ4v) is 4.54. The van der Waals surface area contributed by atoms with Crippen molar-refractivity contribution in [2.75, 3.05) is 11.5 Å². The Morgan fingerprint density at radius 2 is 2.00 bits per heavy atom. The fraction of sp³-hybridized carbons (Fsp3) is 0.667. The number of fused-ring (bicyclic) bond motifs is 1. The molecule has 32 heavy (non-hydrogen) atoms. The average molecular weight is 469 g/mol. The number of aromatic nitrogens is 3. The van der Waals surface area contributed by atoms with Crippen molar-refractivity contribution in [3.63, 3.8) is 0 Å². The molecule has 0 aromatic carbocycles. The number of carbonyl (C=O) groups excluding carboxylic acids is 1. The molecular formula is C21H29ClN4O6. The number of rotatable bonds is 4. The lowest BCUT2D eigenvalue weighted by molar-refractivity contribution is -0.0566. The van der Waals surface area contributed by atoms with E-state index in [1.165, 1.54) is 10.9 Å². The first kappa shape index (κ1) is 23.2. The third-order valence-electron chi connectivity index (χ3n) is 5.81. The van der Waals surface area contributed by atoms with E-state index >= 15 is 0 Å². The van der Waals surface area contributed by atoms with Crippen molar-refractivity contribution in [2.24, 2.45) is 0 Å². The van der Waals surface area contributed by atoms with Crippen LogP contribution in [0.25, 0.3) is 11.0 Å². The van der Waals surface area contributed by atoms with Crippen LogP contribution in [0.1, 0.15) is 52.7 Å². The summed E-state index contributed by atoms with van der Waals surface area (Å²) in [4.78, 5) is 19.2. The highest BCUT2D eigenvalue weighted by Gasteiger charge is 2.44.